The molecule has 1 aromatic heterocycles. The number of benzene rings is 2. The van der Waals surface area contributed by atoms with Gasteiger partial charge in [0.1, 0.15) is 5.01 Å². The molecular weight excluding hydrogens is 522 g/mol. The number of amides is 2. The van der Waals surface area contributed by atoms with E-state index in [1.54, 1.807) is 34.4 Å². The van der Waals surface area contributed by atoms with Crippen molar-refractivity contribution in [1.29, 1.82) is 0 Å². The van der Waals surface area contributed by atoms with Gasteiger partial charge in [-0.3, -0.25) is 9.59 Å². The van der Waals surface area contributed by atoms with Crippen molar-refractivity contribution in [3.63, 3.8) is 0 Å². The standard InChI is InChI=1S/C29H32F2N4O3S/c1-18-17-39-27(33-18)23-11-6-14-35(23)28(38)21-10-5-9-20(16-21)26(37)34-22(15-19-7-3-2-4-8-19)24(36)25-29(30,31)12-13-32-25/h2-5,7-10,16-17,22-25,32,36H,6,11-15H2,1H3,(H,34,37)/t22-,23+,24-,25-/m0/s1. The molecule has 2 fully saturated rings. The number of nitrogens with zero attached hydrogens (tertiary/aromatic N) is 2. The van der Waals surface area contributed by atoms with E-state index in [-0.39, 0.29) is 36.9 Å². The molecule has 2 amide bonds. The molecule has 2 aliphatic rings. The first-order valence-corrected chi connectivity index (χ1v) is 14.1. The summed E-state index contributed by atoms with van der Waals surface area (Å²) in [7, 11) is 0. The van der Waals surface area contributed by atoms with Crippen LogP contribution < -0.4 is 10.6 Å². The summed E-state index contributed by atoms with van der Waals surface area (Å²) in [5.74, 6) is -3.82. The lowest BCUT2D eigenvalue weighted by Crippen LogP contribution is -2.56. The number of aliphatic hydroxyl groups excluding tert-OH is 1. The van der Waals surface area contributed by atoms with Crippen molar-refractivity contribution in [2.45, 2.75) is 62.8 Å². The molecule has 0 aliphatic carbocycles. The van der Waals surface area contributed by atoms with Gasteiger partial charge in [-0.15, -0.1) is 11.3 Å². The zero-order valence-electron chi connectivity index (χ0n) is 21.6. The minimum Gasteiger partial charge on any atom is -0.389 e. The van der Waals surface area contributed by atoms with Crippen LogP contribution in [0.4, 0.5) is 8.78 Å². The van der Waals surface area contributed by atoms with Crippen LogP contribution in [0.2, 0.25) is 0 Å². The molecule has 0 bridgehead atoms. The number of likely N-dealkylation sites (tertiary alicyclic amines) is 1. The Hall–Kier alpha value is -3.21. The average Bonchev–Trinajstić information content (AvgIpc) is 3.67. The second-order valence-electron chi connectivity index (χ2n) is 10.3. The van der Waals surface area contributed by atoms with E-state index >= 15 is 0 Å². The summed E-state index contributed by atoms with van der Waals surface area (Å²) in [5, 5.41) is 19.3. The van der Waals surface area contributed by atoms with Crippen molar-refractivity contribution in [3.8, 4) is 0 Å². The molecule has 2 aromatic carbocycles. The minimum absolute atomic E-state index is 0.0863. The van der Waals surface area contributed by atoms with Gasteiger partial charge in [-0.05, 0) is 49.9 Å². The zero-order chi connectivity index (χ0) is 27.6. The molecule has 206 valence electrons. The van der Waals surface area contributed by atoms with E-state index in [9.17, 15) is 23.5 Å². The Bertz CT molecular complexity index is 1320. The van der Waals surface area contributed by atoms with Gasteiger partial charge < -0.3 is 20.6 Å². The summed E-state index contributed by atoms with van der Waals surface area (Å²) in [6.07, 6.45) is -0.0263. The predicted molar refractivity (Wildman–Crippen MR) is 145 cm³/mol. The Morgan fingerprint density at radius 2 is 1.97 bits per heavy atom. The maximum absolute atomic E-state index is 14.5. The number of carbonyl (C=O) groups excluding carboxylic acids is 2. The highest BCUT2D eigenvalue weighted by molar-refractivity contribution is 7.09. The summed E-state index contributed by atoms with van der Waals surface area (Å²) in [5.41, 5.74) is 2.31. The third kappa shape index (κ3) is 6.03. The summed E-state index contributed by atoms with van der Waals surface area (Å²) in [6, 6.07) is 13.0. The maximum Gasteiger partial charge on any atom is 0.266 e. The van der Waals surface area contributed by atoms with E-state index in [4.69, 9.17) is 0 Å². The van der Waals surface area contributed by atoms with Crippen molar-refractivity contribution in [2.75, 3.05) is 13.1 Å². The first kappa shape index (κ1) is 27.4. The van der Waals surface area contributed by atoms with Gasteiger partial charge in [0.25, 0.3) is 17.7 Å². The van der Waals surface area contributed by atoms with Crippen LogP contribution in [0, 0.1) is 6.92 Å². The van der Waals surface area contributed by atoms with Crippen molar-refractivity contribution in [3.05, 3.63) is 87.4 Å². The zero-order valence-corrected chi connectivity index (χ0v) is 22.5. The molecule has 0 spiro atoms. The van der Waals surface area contributed by atoms with E-state index in [0.717, 1.165) is 29.1 Å². The fourth-order valence-electron chi connectivity index (χ4n) is 5.43. The monoisotopic (exact) mass is 554 g/mol. The van der Waals surface area contributed by atoms with Gasteiger partial charge in [-0.1, -0.05) is 36.4 Å². The lowest BCUT2D eigenvalue weighted by molar-refractivity contribution is -0.0606. The number of hydrogen-bond acceptors (Lipinski definition) is 6. The van der Waals surface area contributed by atoms with E-state index in [1.165, 1.54) is 6.07 Å². The molecule has 10 heteroatoms. The summed E-state index contributed by atoms with van der Waals surface area (Å²) < 4.78 is 29.0. The SMILES string of the molecule is Cc1csc([C@H]2CCCN2C(=O)c2cccc(C(=O)N[C@@H](Cc3ccccc3)[C@H](O)[C@@H]3NCCC3(F)F)c2)n1. The molecule has 5 rings (SSSR count). The fraction of sp³-hybridized carbons (Fsp3) is 0.414. The number of nitrogens with one attached hydrogen (secondary N) is 2. The lowest BCUT2D eigenvalue weighted by Gasteiger charge is -2.31. The molecule has 39 heavy (non-hydrogen) atoms. The first-order valence-electron chi connectivity index (χ1n) is 13.2. The van der Waals surface area contributed by atoms with Crippen LogP contribution in [0.1, 0.15) is 62.3 Å². The number of aromatic nitrogens is 1. The van der Waals surface area contributed by atoms with Crippen LogP contribution in [0.15, 0.2) is 60.0 Å². The Morgan fingerprint density at radius 3 is 2.67 bits per heavy atom. The van der Waals surface area contributed by atoms with Crippen LogP contribution in [0.5, 0.6) is 0 Å². The first-order chi connectivity index (χ1) is 18.7. The number of aryl methyl sites for hydroxylation is 1. The van der Waals surface area contributed by atoms with Crippen LogP contribution >= 0.6 is 11.3 Å². The van der Waals surface area contributed by atoms with E-state index in [0.29, 0.717) is 12.1 Å². The number of rotatable bonds is 8. The van der Waals surface area contributed by atoms with Gasteiger partial charge >= 0.3 is 0 Å². The largest absolute Gasteiger partial charge is 0.389 e. The smallest absolute Gasteiger partial charge is 0.266 e. The maximum atomic E-state index is 14.5. The highest BCUT2D eigenvalue weighted by Gasteiger charge is 2.49. The predicted octanol–water partition coefficient (Wildman–Crippen LogP) is 4.13. The number of carbonyl (C=O) groups is 2. The summed E-state index contributed by atoms with van der Waals surface area (Å²) in [6.45, 7) is 2.62. The second-order valence-corrected chi connectivity index (χ2v) is 11.2. The van der Waals surface area contributed by atoms with E-state index < -0.39 is 30.0 Å². The average molecular weight is 555 g/mol. The number of halogens is 2. The van der Waals surface area contributed by atoms with Crippen molar-refractivity contribution >= 4 is 23.2 Å². The molecule has 2 aliphatic heterocycles. The van der Waals surface area contributed by atoms with Gasteiger partial charge in [0.2, 0.25) is 0 Å². The Kier molecular flexibility index (Phi) is 8.06. The Balaban J connectivity index is 1.34. The van der Waals surface area contributed by atoms with Crippen molar-refractivity contribution < 1.29 is 23.5 Å². The Morgan fingerprint density at radius 1 is 1.21 bits per heavy atom. The third-order valence-corrected chi connectivity index (χ3v) is 8.52. The highest BCUT2D eigenvalue weighted by atomic mass is 32.1. The lowest BCUT2D eigenvalue weighted by atomic mass is 9.93. The molecule has 0 unspecified atom stereocenters. The van der Waals surface area contributed by atoms with Gasteiger partial charge in [-0.25, -0.2) is 13.8 Å². The van der Waals surface area contributed by atoms with Crippen LogP contribution in [-0.4, -0.2) is 64.0 Å². The number of thiazole rings is 1. The fourth-order valence-corrected chi connectivity index (χ4v) is 6.37. The third-order valence-electron chi connectivity index (χ3n) is 7.45. The molecular formula is C29H32F2N4O3S. The van der Waals surface area contributed by atoms with Gasteiger partial charge in [0.05, 0.1) is 24.2 Å². The molecule has 4 atom stereocenters. The molecule has 3 heterocycles. The Labute approximate surface area is 230 Å². The minimum atomic E-state index is -3.09. The molecule has 3 aromatic rings. The molecule has 0 saturated carbocycles. The summed E-state index contributed by atoms with van der Waals surface area (Å²) in [4.78, 5) is 33.2. The number of alkyl halides is 2. The summed E-state index contributed by atoms with van der Waals surface area (Å²) >= 11 is 1.54. The van der Waals surface area contributed by atoms with Gasteiger partial charge in [-0.2, -0.15) is 0 Å². The van der Waals surface area contributed by atoms with Crippen LogP contribution in [-0.2, 0) is 6.42 Å². The topological polar surface area (TPSA) is 94.6 Å². The number of aliphatic hydroxyl groups is 1. The van der Waals surface area contributed by atoms with E-state index in [1.807, 2.05) is 42.6 Å². The number of hydrogen-bond donors (Lipinski definition) is 3. The van der Waals surface area contributed by atoms with Crippen molar-refractivity contribution in [2.24, 2.45) is 0 Å². The van der Waals surface area contributed by atoms with Gasteiger partial charge in [0.15, 0.2) is 0 Å². The highest BCUT2D eigenvalue weighted by Crippen LogP contribution is 2.35. The molecule has 0 radical (unpaired) electrons. The van der Waals surface area contributed by atoms with Crippen LogP contribution in [0.3, 0.4) is 0 Å². The van der Waals surface area contributed by atoms with E-state index in [2.05, 4.69) is 15.6 Å². The molecule has 2 saturated heterocycles. The normalized spacial score (nSPS) is 22.0. The van der Waals surface area contributed by atoms with Crippen LogP contribution in [0.25, 0.3) is 0 Å². The molecule has 3 N–H and O–H groups in total. The quantitative estimate of drug-likeness (QED) is 0.389. The van der Waals surface area contributed by atoms with Gasteiger partial charge in [0, 0.05) is 41.7 Å². The molecule has 7 nitrogen and oxygen atoms in total. The second kappa shape index (κ2) is 11.5. The van der Waals surface area contributed by atoms with Crippen molar-refractivity contribution in [1.82, 2.24) is 20.5 Å².